The monoisotopic (exact) mass is 455 g/mol. The van der Waals surface area contributed by atoms with E-state index in [1.807, 2.05) is 6.20 Å². The van der Waals surface area contributed by atoms with Gasteiger partial charge < -0.3 is 19.7 Å². The van der Waals surface area contributed by atoms with Crippen molar-refractivity contribution in [1.82, 2.24) is 14.8 Å². The summed E-state index contributed by atoms with van der Waals surface area (Å²) in [6, 6.07) is 6.50. The quantitative estimate of drug-likeness (QED) is 0.576. The molecule has 1 N–H and O–H groups in total. The third kappa shape index (κ3) is 4.49. The molecule has 172 valence electrons. The highest BCUT2D eigenvalue weighted by molar-refractivity contribution is 7.22. The maximum Gasteiger partial charge on any atom is 0.150 e. The molecule has 0 amide bonds. The van der Waals surface area contributed by atoms with Crippen LogP contribution in [0.2, 0.25) is 0 Å². The zero-order chi connectivity index (χ0) is 22.3. The van der Waals surface area contributed by atoms with E-state index in [9.17, 15) is 0 Å². The molecule has 2 aliphatic rings. The van der Waals surface area contributed by atoms with Crippen molar-refractivity contribution in [3.63, 3.8) is 0 Å². The molecule has 0 unspecified atom stereocenters. The van der Waals surface area contributed by atoms with E-state index in [0.717, 1.165) is 56.2 Å². The van der Waals surface area contributed by atoms with Gasteiger partial charge in [-0.15, -0.1) is 11.3 Å². The van der Waals surface area contributed by atoms with Gasteiger partial charge in [-0.3, -0.25) is 0 Å². The summed E-state index contributed by atoms with van der Waals surface area (Å²) in [4.78, 5) is 8.60. The van der Waals surface area contributed by atoms with E-state index in [1.54, 1.807) is 11.3 Å². The molecule has 0 spiro atoms. The predicted molar refractivity (Wildman–Crippen MR) is 131 cm³/mol. The minimum atomic E-state index is -0.0635. The average molecular weight is 456 g/mol. The summed E-state index contributed by atoms with van der Waals surface area (Å²) >= 11 is 1.79. The van der Waals surface area contributed by atoms with Crippen molar-refractivity contribution in [2.75, 3.05) is 36.5 Å². The Balaban J connectivity index is 1.58. The summed E-state index contributed by atoms with van der Waals surface area (Å²) in [5.74, 6) is 0.910. The Hall–Kier alpha value is -2.16. The minimum Gasteiger partial charge on any atom is -0.375 e. The van der Waals surface area contributed by atoms with Gasteiger partial charge in [0.05, 0.1) is 39.2 Å². The second-order valence-corrected chi connectivity index (χ2v) is 10.9. The van der Waals surface area contributed by atoms with E-state index in [0.29, 0.717) is 0 Å². The van der Waals surface area contributed by atoms with Crippen molar-refractivity contribution in [3.8, 4) is 10.6 Å². The van der Waals surface area contributed by atoms with Crippen molar-refractivity contribution in [2.45, 2.75) is 64.8 Å². The third-order valence-corrected chi connectivity index (χ3v) is 7.06. The first-order chi connectivity index (χ1) is 15.4. The van der Waals surface area contributed by atoms with Crippen LogP contribution in [-0.4, -0.2) is 52.7 Å². The second kappa shape index (κ2) is 8.65. The molecule has 5 heterocycles. The number of ether oxygens (including phenoxy) is 2. The number of nitrogens with zero attached hydrogens (tertiary/aromatic N) is 4. The fourth-order valence-electron chi connectivity index (χ4n) is 4.51. The maximum atomic E-state index is 6.02. The number of anilines is 2. The average Bonchev–Trinajstić information content (AvgIpc) is 3.39. The molecule has 8 heteroatoms. The second-order valence-electron chi connectivity index (χ2n) is 9.84. The number of thiophene rings is 1. The molecule has 2 fully saturated rings. The normalized spacial score (nSPS) is 22.4. The third-order valence-electron chi connectivity index (χ3n) is 5.90. The van der Waals surface area contributed by atoms with Gasteiger partial charge in [0.2, 0.25) is 0 Å². The summed E-state index contributed by atoms with van der Waals surface area (Å²) < 4.78 is 15.1. The number of rotatable bonds is 4. The van der Waals surface area contributed by atoms with E-state index in [2.05, 4.69) is 65.9 Å². The van der Waals surface area contributed by atoms with Crippen LogP contribution in [0.5, 0.6) is 0 Å². The summed E-state index contributed by atoms with van der Waals surface area (Å²) in [6.45, 7) is 12.0. The zero-order valence-electron chi connectivity index (χ0n) is 19.4. The molecular weight excluding hydrogens is 422 g/mol. The highest BCUT2D eigenvalue weighted by Gasteiger charge is 2.25. The van der Waals surface area contributed by atoms with Gasteiger partial charge in [-0.1, -0.05) is 0 Å². The summed E-state index contributed by atoms with van der Waals surface area (Å²) in [6.07, 6.45) is 5.43. The number of hydrogen-bond donors (Lipinski definition) is 1. The SMILES string of the molecule is C[C@@H]1CN(c2cc(NC(C)(C)C)nc3cc(-c4ccnn4[C@H]4CCCCO4)sc23)CCO1. The predicted octanol–water partition coefficient (Wildman–Crippen LogP) is 5.29. The molecule has 0 saturated carbocycles. The molecule has 0 aliphatic carbocycles. The Morgan fingerprint density at radius 1 is 1.16 bits per heavy atom. The van der Waals surface area contributed by atoms with Gasteiger partial charge in [0.15, 0.2) is 6.23 Å². The molecule has 0 bridgehead atoms. The van der Waals surface area contributed by atoms with Crippen LogP contribution in [0.15, 0.2) is 24.4 Å². The Morgan fingerprint density at radius 3 is 2.78 bits per heavy atom. The Morgan fingerprint density at radius 2 is 2.03 bits per heavy atom. The fraction of sp³-hybridized carbons (Fsp3) is 0.583. The number of aromatic nitrogens is 3. The summed E-state index contributed by atoms with van der Waals surface area (Å²) in [7, 11) is 0. The molecule has 3 aromatic rings. The van der Waals surface area contributed by atoms with E-state index in [1.165, 1.54) is 21.7 Å². The largest absolute Gasteiger partial charge is 0.375 e. The molecule has 2 saturated heterocycles. The van der Waals surface area contributed by atoms with Crippen LogP contribution in [0.25, 0.3) is 20.8 Å². The lowest BCUT2D eigenvalue weighted by Gasteiger charge is -2.33. The van der Waals surface area contributed by atoms with Crippen LogP contribution < -0.4 is 10.2 Å². The number of morpholine rings is 1. The van der Waals surface area contributed by atoms with Gasteiger partial charge >= 0.3 is 0 Å². The topological polar surface area (TPSA) is 64.4 Å². The first-order valence-corrected chi connectivity index (χ1v) is 12.4. The first-order valence-electron chi connectivity index (χ1n) is 11.6. The highest BCUT2D eigenvalue weighted by Crippen LogP contribution is 2.41. The van der Waals surface area contributed by atoms with Crippen molar-refractivity contribution in [2.24, 2.45) is 0 Å². The van der Waals surface area contributed by atoms with Crippen molar-refractivity contribution >= 4 is 33.1 Å². The van der Waals surface area contributed by atoms with Crippen LogP contribution in [0.3, 0.4) is 0 Å². The van der Waals surface area contributed by atoms with Crippen LogP contribution in [-0.2, 0) is 9.47 Å². The van der Waals surface area contributed by atoms with Crippen LogP contribution >= 0.6 is 11.3 Å². The lowest BCUT2D eigenvalue weighted by Crippen LogP contribution is -2.41. The van der Waals surface area contributed by atoms with Gasteiger partial charge in [-0.2, -0.15) is 5.10 Å². The van der Waals surface area contributed by atoms with Gasteiger partial charge in [-0.05, 0) is 59.1 Å². The summed E-state index contributed by atoms with van der Waals surface area (Å²) in [5.41, 5.74) is 3.29. The number of hydrogen-bond acceptors (Lipinski definition) is 7. The first kappa shape index (κ1) is 21.7. The molecule has 3 aromatic heterocycles. The van der Waals surface area contributed by atoms with Crippen molar-refractivity contribution < 1.29 is 9.47 Å². The van der Waals surface area contributed by atoms with Gasteiger partial charge in [0.25, 0.3) is 0 Å². The molecule has 0 radical (unpaired) electrons. The number of nitrogens with one attached hydrogen (secondary N) is 1. The molecule has 32 heavy (non-hydrogen) atoms. The standard InChI is InChI=1S/C24H33N5O2S/c1-16-15-28(10-12-30-16)19-14-21(27-24(2,3)4)26-17-13-20(32-23(17)19)18-8-9-25-29(18)22-7-5-6-11-31-22/h8-9,13-14,16,22H,5-7,10-12,15H2,1-4H3,(H,26,27)/t16-,22-/m1/s1. The van der Waals surface area contributed by atoms with Gasteiger partial charge in [0, 0.05) is 37.5 Å². The highest BCUT2D eigenvalue weighted by atomic mass is 32.1. The Kier molecular flexibility index (Phi) is 5.86. The van der Waals surface area contributed by atoms with Crippen molar-refractivity contribution in [1.29, 1.82) is 0 Å². The Labute approximate surface area is 193 Å². The molecule has 2 aliphatic heterocycles. The fourth-order valence-corrected chi connectivity index (χ4v) is 5.67. The van der Waals surface area contributed by atoms with Gasteiger partial charge in [0.1, 0.15) is 5.82 Å². The van der Waals surface area contributed by atoms with Crippen LogP contribution in [0.4, 0.5) is 11.5 Å². The lowest BCUT2D eigenvalue weighted by molar-refractivity contribution is -0.0383. The molecule has 7 nitrogen and oxygen atoms in total. The number of fused-ring (bicyclic) bond motifs is 1. The smallest absolute Gasteiger partial charge is 0.150 e. The van der Waals surface area contributed by atoms with E-state index < -0.39 is 0 Å². The maximum absolute atomic E-state index is 6.02. The van der Waals surface area contributed by atoms with E-state index >= 15 is 0 Å². The molecule has 0 aromatic carbocycles. The molecule has 2 atom stereocenters. The zero-order valence-corrected chi connectivity index (χ0v) is 20.2. The van der Waals surface area contributed by atoms with Crippen LogP contribution in [0.1, 0.15) is 53.2 Å². The van der Waals surface area contributed by atoms with Crippen molar-refractivity contribution in [3.05, 3.63) is 24.4 Å². The van der Waals surface area contributed by atoms with Gasteiger partial charge in [-0.25, -0.2) is 9.67 Å². The minimum absolute atomic E-state index is 0.0182. The number of pyridine rings is 1. The Bertz CT molecular complexity index is 1080. The summed E-state index contributed by atoms with van der Waals surface area (Å²) in [5, 5.41) is 8.18. The molecular formula is C24H33N5O2S. The van der Waals surface area contributed by atoms with E-state index in [-0.39, 0.29) is 17.9 Å². The van der Waals surface area contributed by atoms with Crippen LogP contribution in [0, 0.1) is 0 Å². The van der Waals surface area contributed by atoms with E-state index in [4.69, 9.17) is 14.5 Å². The molecule has 5 rings (SSSR count). The lowest BCUT2D eigenvalue weighted by atomic mass is 10.1.